The van der Waals surface area contributed by atoms with E-state index >= 15 is 0 Å². The summed E-state index contributed by atoms with van der Waals surface area (Å²) in [5.41, 5.74) is 1.15. The van der Waals surface area contributed by atoms with Gasteiger partial charge in [-0.1, -0.05) is 15.9 Å². The summed E-state index contributed by atoms with van der Waals surface area (Å²) in [5, 5.41) is 0. The average Bonchev–Trinajstić information content (AvgIpc) is 2.93. The fraction of sp³-hybridized carbons (Fsp3) is 0.214. The van der Waals surface area contributed by atoms with E-state index in [9.17, 15) is 9.59 Å². The number of fused-ring (bicyclic) bond motifs is 1. The van der Waals surface area contributed by atoms with Crippen molar-refractivity contribution in [2.45, 2.75) is 13.5 Å². The second kappa shape index (κ2) is 4.86. The van der Waals surface area contributed by atoms with Gasteiger partial charge >= 0.3 is 0 Å². The molecule has 3 rings (SSSR count). The number of rotatable bonds is 3. The molecular formula is C14H12BrN3O2. The Kier molecular flexibility index (Phi) is 3.17. The topological polar surface area (TPSA) is 55.2 Å². The number of Topliss-reactive ketones (excluding diaryl/α,β-unsaturated/α-hetero) is 1. The van der Waals surface area contributed by atoms with Crippen LogP contribution in [0.15, 0.2) is 35.1 Å². The van der Waals surface area contributed by atoms with Crippen LogP contribution in [0.3, 0.4) is 0 Å². The van der Waals surface area contributed by atoms with E-state index in [1.165, 1.54) is 4.90 Å². The Balaban J connectivity index is 1.86. The van der Waals surface area contributed by atoms with Crippen LogP contribution in [0.2, 0.25) is 0 Å². The largest absolute Gasteiger partial charge is 0.333 e. The fourth-order valence-electron chi connectivity index (χ4n) is 2.34. The molecule has 0 bridgehead atoms. The molecule has 0 fully saturated rings. The molecular weight excluding hydrogens is 322 g/mol. The zero-order valence-electron chi connectivity index (χ0n) is 10.8. The number of amides is 1. The molecule has 0 spiro atoms. The van der Waals surface area contributed by atoms with E-state index < -0.39 is 11.7 Å². The Morgan fingerprint density at radius 3 is 2.75 bits per heavy atom. The molecule has 1 amide bonds. The van der Waals surface area contributed by atoms with E-state index in [4.69, 9.17) is 0 Å². The summed E-state index contributed by atoms with van der Waals surface area (Å²) in [4.78, 5) is 29.7. The highest BCUT2D eigenvalue weighted by Gasteiger charge is 2.35. The molecule has 2 heterocycles. The van der Waals surface area contributed by atoms with E-state index in [0.29, 0.717) is 24.3 Å². The molecule has 5 nitrogen and oxygen atoms in total. The van der Waals surface area contributed by atoms with Crippen molar-refractivity contribution >= 4 is 33.3 Å². The molecule has 1 aromatic heterocycles. The number of anilines is 1. The lowest BCUT2D eigenvalue weighted by atomic mass is 10.1. The third kappa shape index (κ3) is 2.06. The Bertz CT molecular complexity index is 708. The van der Waals surface area contributed by atoms with Crippen molar-refractivity contribution in [2.24, 2.45) is 0 Å². The molecule has 0 unspecified atom stereocenters. The van der Waals surface area contributed by atoms with Gasteiger partial charge < -0.3 is 9.47 Å². The highest BCUT2D eigenvalue weighted by molar-refractivity contribution is 9.10. The van der Waals surface area contributed by atoms with E-state index in [-0.39, 0.29) is 0 Å². The van der Waals surface area contributed by atoms with Gasteiger partial charge in [0.1, 0.15) is 5.82 Å². The molecule has 2 aromatic rings. The molecule has 1 aromatic carbocycles. The van der Waals surface area contributed by atoms with Crippen LogP contribution in [0.5, 0.6) is 0 Å². The maximum atomic E-state index is 12.1. The molecule has 102 valence electrons. The maximum absolute atomic E-state index is 12.1. The maximum Gasteiger partial charge on any atom is 0.299 e. The van der Waals surface area contributed by atoms with Gasteiger partial charge in [0, 0.05) is 30.0 Å². The average molecular weight is 334 g/mol. The quantitative estimate of drug-likeness (QED) is 0.809. The number of aryl methyl sites for hydroxylation is 1. The number of aromatic nitrogens is 2. The minimum Gasteiger partial charge on any atom is -0.333 e. The molecule has 0 N–H and O–H groups in total. The number of hydrogen-bond donors (Lipinski definition) is 0. The number of halogens is 1. The Labute approximate surface area is 124 Å². The van der Waals surface area contributed by atoms with Crippen LogP contribution in [0, 0.1) is 6.92 Å². The predicted octanol–water partition coefficient (Wildman–Crippen LogP) is 2.18. The number of benzene rings is 1. The molecule has 1 aliphatic heterocycles. The zero-order valence-corrected chi connectivity index (χ0v) is 12.4. The van der Waals surface area contributed by atoms with E-state index in [1.807, 2.05) is 23.8 Å². The van der Waals surface area contributed by atoms with Crippen LogP contribution in [0.1, 0.15) is 16.2 Å². The molecule has 0 aliphatic carbocycles. The molecule has 0 radical (unpaired) electrons. The van der Waals surface area contributed by atoms with Gasteiger partial charge in [0.25, 0.3) is 11.7 Å². The molecule has 0 saturated heterocycles. The van der Waals surface area contributed by atoms with Crippen LogP contribution in [-0.2, 0) is 11.3 Å². The van der Waals surface area contributed by atoms with E-state index in [0.717, 1.165) is 10.3 Å². The normalized spacial score (nSPS) is 14.0. The summed E-state index contributed by atoms with van der Waals surface area (Å²) in [6.07, 6.45) is 3.58. The first-order chi connectivity index (χ1) is 9.58. The van der Waals surface area contributed by atoms with Crippen molar-refractivity contribution in [1.82, 2.24) is 9.55 Å². The van der Waals surface area contributed by atoms with Gasteiger partial charge in [-0.25, -0.2) is 4.98 Å². The number of carbonyl (C=O) groups excluding carboxylic acids is 2. The van der Waals surface area contributed by atoms with Gasteiger partial charge in [0.15, 0.2) is 0 Å². The lowest BCUT2D eigenvalue weighted by molar-refractivity contribution is -0.114. The van der Waals surface area contributed by atoms with Gasteiger partial charge in [0.05, 0.1) is 11.3 Å². The van der Waals surface area contributed by atoms with Gasteiger partial charge in [-0.2, -0.15) is 0 Å². The smallest absolute Gasteiger partial charge is 0.299 e. The second-order valence-electron chi connectivity index (χ2n) is 4.62. The molecule has 0 saturated carbocycles. The van der Waals surface area contributed by atoms with Crippen molar-refractivity contribution in [3.63, 3.8) is 0 Å². The van der Waals surface area contributed by atoms with Crippen LogP contribution in [-0.4, -0.2) is 27.8 Å². The lowest BCUT2D eigenvalue weighted by Crippen LogP contribution is -2.32. The first-order valence-electron chi connectivity index (χ1n) is 6.21. The predicted molar refractivity (Wildman–Crippen MR) is 77.8 cm³/mol. The van der Waals surface area contributed by atoms with Crippen LogP contribution < -0.4 is 4.90 Å². The van der Waals surface area contributed by atoms with Crippen LogP contribution >= 0.6 is 15.9 Å². The van der Waals surface area contributed by atoms with E-state index in [1.54, 1.807) is 18.3 Å². The van der Waals surface area contributed by atoms with Gasteiger partial charge in [-0.3, -0.25) is 9.59 Å². The summed E-state index contributed by atoms with van der Waals surface area (Å²) < 4.78 is 2.75. The first-order valence-corrected chi connectivity index (χ1v) is 7.00. The molecule has 1 aliphatic rings. The van der Waals surface area contributed by atoms with E-state index in [2.05, 4.69) is 20.9 Å². The third-order valence-electron chi connectivity index (χ3n) is 3.42. The summed E-state index contributed by atoms with van der Waals surface area (Å²) in [6, 6.07) is 5.32. The van der Waals surface area contributed by atoms with Crippen LogP contribution in [0.4, 0.5) is 5.69 Å². The lowest BCUT2D eigenvalue weighted by Gasteiger charge is -2.17. The van der Waals surface area contributed by atoms with Crippen molar-refractivity contribution < 1.29 is 9.59 Å². The van der Waals surface area contributed by atoms with Crippen molar-refractivity contribution in [1.29, 1.82) is 0 Å². The third-order valence-corrected chi connectivity index (χ3v) is 3.91. The Hall–Kier alpha value is -1.95. The second-order valence-corrected chi connectivity index (χ2v) is 5.53. The summed E-state index contributed by atoms with van der Waals surface area (Å²) >= 11 is 3.32. The summed E-state index contributed by atoms with van der Waals surface area (Å²) in [7, 11) is 0. The highest BCUT2D eigenvalue weighted by Crippen LogP contribution is 2.31. The number of ketones is 1. The van der Waals surface area contributed by atoms with Crippen molar-refractivity contribution in [2.75, 3.05) is 11.4 Å². The first kappa shape index (κ1) is 13.1. The SMILES string of the molecule is Cc1nccn1CCN1C(=O)C(=O)c2cc(Br)ccc21. The molecule has 0 atom stereocenters. The standard InChI is InChI=1S/C14H12BrN3O2/c1-9-16-4-5-17(9)6-7-18-12-3-2-10(15)8-11(12)13(19)14(18)20/h2-5,8H,6-7H2,1H3. The number of hydrogen-bond acceptors (Lipinski definition) is 3. The monoisotopic (exact) mass is 333 g/mol. The molecule has 20 heavy (non-hydrogen) atoms. The number of carbonyl (C=O) groups is 2. The Morgan fingerprint density at radius 1 is 1.25 bits per heavy atom. The fourth-order valence-corrected chi connectivity index (χ4v) is 2.70. The van der Waals surface area contributed by atoms with Gasteiger partial charge in [-0.15, -0.1) is 0 Å². The Morgan fingerprint density at radius 2 is 2.05 bits per heavy atom. The van der Waals surface area contributed by atoms with Crippen molar-refractivity contribution in [3.8, 4) is 0 Å². The summed E-state index contributed by atoms with van der Waals surface area (Å²) in [5.74, 6) is -0.0153. The number of nitrogens with zero attached hydrogens (tertiary/aromatic N) is 3. The van der Waals surface area contributed by atoms with Crippen LogP contribution in [0.25, 0.3) is 0 Å². The number of imidazole rings is 1. The minimum atomic E-state index is -0.462. The van der Waals surface area contributed by atoms with Crippen molar-refractivity contribution in [3.05, 3.63) is 46.5 Å². The zero-order chi connectivity index (χ0) is 14.3. The highest BCUT2D eigenvalue weighted by atomic mass is 79.9. The summed E-state index contributed by atoms with van der Waals surface area (Å²) in [6.45, 7) is 2.97. The minimum absolute atomic E-state index is 0.441. The van der Waals surface area contributed by atoms with Gasteiger partial charge in [0.2, 0.25) is 0 Å². The molecule has 6 heteroatoms. The van der Waals surface area contributed by atoms with Gasteiger partial charge in [-0.05, 0) is 25.1 Å².